The van der Waals surface area contributed by atoms with Crippen molar-refractivity contribution in [3.8, 4) is 11.4 Å². The van der Waals surface area contributed by atoms with Gasteiger partial charge in [-0.25, -0.2) is 9.48 Å². The summed E-state index contributed by atoms with van der Waals surface area (Å²) >= 11 is 0. The van der Waals surface area contributed by atoms with Gasteiger partial charge in [0.15, 0.2) is 11.5 Å². The number of hydrogen-bond donors (Lipinski definition) is 2. The fourth-order valence-electron chi connectivity index (χ4n) is 7.22. The van der Waals surface area contributed by atoms with E-state index in [1.807, 2.05) is 65.5 Å². The molecule has 2 amide bonds. The number of fused-ring (bicyclic) bond motifs is 2. The third-order valence-electron chi connectivity index (χ3n) is 9.67. The number of likely N-dealkylation sites (tertiary alicyclic amines) is 1. The van der Waals surface area contributed by atoms with E-state index in [4.69, 9.17) is 9.84 Å². The summed E-state index contributed by atoms with van der Waals surface area (Å²) < 4.78 is 10.6. The quantitative estimate of drug-likeness (QED) is 0.196. The summed E-state index contributed by atoms with van der Waals surface area (Å²) in [6, 6.07) is 22.1. The number of aryl methyl sites for hydroxylation is 1. The van der Waals surface area contributed by atoms with Crippen LogP contribution in [0.15, 0.2) is 72.9 Å². The minimum atomic E-state index is -0.270. The van der Waals surface area contributed by atoms with Crippen molar-refractivity contribution in [2.24, 2.45) is 5.41 Å². The molecule has 1 aliphatic carbocycles. The first-order valence-corrected chi connectivity index (χ1v) is 16.9. The summed E-state index contributed by atoms with van der Waals surface area (Å²) in [6.45, 7) is 14.0. The molecule has 10 nitrogen and oxygen atoms in total. The average molecular weight is 647 g/mol. The topological polar surface area (TPSA) is 102 Å². The molecule has 0 saturated carbocycles. The van der Waals surface area contributed by atoms with Crippen molar-refractivity contribution < 1.29 is 9.53 Å². The van der Waals surface area contributed by atoms with Crippen molar-refractivity contribution in [3.63, 3.8) is 0 Å². The Bertz CT molecular complexity index is 1950. The number of carbonyl (C=O) groups excluding carboxylic acids is 1. The molecule has 2 aliphatic rings. The number of hydrogen-bond acceptors (Lipinski definition) is 6. The first-order chi connectivity index (χ1) is 22.8. The van der Waals surface area contributed by atoms with Crippen LogP contribution >= 0.6 is 0 Å². The summed E-state index contributed by atoms with van der Waals surface area (Å²) in [4.78, 5) is 15.9. The number of carbonyl (C=O) groups is 1. The Hall–Kier alpha value is -4.70. The van der Waals surface area contributed by atoms with Crippen molar-refractivity contribution in [2.75, 3.05) is 18.9 Å². The summed E-state index contributed by atoms with van der Waals surface area (Å²) in [5, 5.41) is 20.2. The molecule has 4 heterocycles. The SMILES string of the molecule is Cc1ccc(-n2nc(C(C)(C)C)cc2NC(=O)NC2CCC(Oc3ccc4nnc(C5CC(C)(C)CN5C)n4c3)c3ccccc32)cc1. The van der Waals surface area contributed by atoms with E-state index in [1.54, 1.807) is 0 Å². The van der Waals surface area contributed by atoms with Crippen LogP contribution in [0, 0.1) is 12.3 Å². The highest BCUT2D eigenvalue weighted by molar-refractivity contribution is 5.89. The number of benzene rings is 2. The molecule has 10 heteroatoms. The summed E-state index contributed by atoms with van der Waals surface area (Å²) in [6.07, 6.45) is 4.39. The van der Waals surface area contributed by atoms with Gasteiger partial charge in [0.1, 0.15) is 17.7 Å². The molecule has 250 valence electrons. The molecule has 3 aromatic heterocycles. The highest BCUT2D eigenvalue weighted by Gasteiger charge is 2.38. The van der Waals surface area contributed by atoms with E-state index in [-0.39, 0.29) is 35.0 Å². The van der Waals surface area contributed by atoms with Gasteiger partial charge in [0.2, 0.25) is 0 Å². The zero-order valence-electron chi connectivity index (χ0n) is 29.0. The number of anilines is 1. The monoisotopic (exact) mass is 646 g/mol. The molecule has 1 saturated heterocycles. The van der Waals surface area contributed by atoms with Crippen LogP contribution in [0.5, 0.6) is 5.75 Å². The number of pyridine rings is 1. The molecular formula is C38H46N8O2. The summed E-state index contributed by atoms with van der Waals surface area (Å²) in [5.74, 6) is 2.34. The van der Waals surface area contributed by atoms with Crippen LogP contribution in [0.25, 0.3) is 11.3 Å². The van der Waals surface area contributed by atoms with Crippen molar-refractivity contribution in [3.05, 3.63) is 101 Å². The number of urea groups is 1. The molecule has 1 fully saturated rings. The van der Waals surface area contributed by atoms with Crippen molar-refractivity contribution in [1.29, 1.82) is 0 Å². The molecular weight excluding hydrogens is 600 g/mol. The number of ether oxygens (including phenoxy) is 1. The molecule has 3 atom stereocenters. The van der Waals surface area contributed by atoms with E-state index in [0.717, 1.165) is 71.1 Å². The molecule has 0 radical (unpaired) electrons. The van der Waals surface area contributed by atoms with Gasteiger partial charge in [-0.1, -0.05) is 76.6 Å². The fraction of sp³-hybridized carbons (Fsp3) is 0.421. The molecule has 1 aliphatic heterocycles. The third kappa shape index (κ3) is 6.29. The second kappa shape index (κ2) is 12.1. The van der Waals surface area contributed by atoms with Gasteiger partial charge in [0.05, 0.1) is 29.7 Å². The van der Waals surface area contributed by atoms with Gasteiger partial charge in [0.25, 0.3) is 0 Å². The van der Waals surface area contributed by atoms with Gasteiger partial charge in [-0.2, -0.15) is 5.10 Å². The summed E-state index contributed by atoms with van der Waals surface area (Å²) in [5.41, 5.74) is 5.96. The largest absolute Gasteiger partial charge is 0.484 e. The lowest BCUT2D eigenvalue weighted by Gasteiger charge is -2.32. The molecule has 2 aromatic carbocycles. The van der Waals surface area contributed by atoms with Crippen molar-refractivity contribution in [2.45, 2.75) is 84.4 Å². The average Bonchev–Trinajstić information content (AvgIpc) is 3.73. The van der Waals surface area contributed by atoms with Crippen LogP contribution < -0.4 is 15.4 Å². The lowest BCUT2D eigenvalue weighted by Crippen LogP contribution is -2.36. The molecule has 3 unspecified atom stereocenters. The maximum atomic E-state index is 13.6. The standard InChI is InChI=1S/C38H46N8O2/c1-24-12-14-25(15-13-24)46-34(20-32(43-46)37(2,3)4)40-36(47)39-29-17-18-31(28-11-9-8-10-27(28)29)48-26-16-19-33-41-42-35(45(33)22-26)30-21-38(5,6)23-44(30)7/h8-16,19-20,22,29-31H,17-18,21,23H2,1-7H3,(H2,39,40,47). The van der Waals surface area contributed by atoms with Crippen LogP contribution in [-0.4, -0.2) is 48.9 Å². The normalized spacial score (nSPS) is 20.9. The zero-order valence-corrected chi connectivity index (χ0v) is 29.0. The molecule has 7 rings (SSSR count). The Kier molecular flexibility index (Phi) is 8.02. The third-order valence-corrected chi connectivity index (χ3v) is 9.67. The number of aromatic nitrogens is 5. The first kappa shape index (κ1) is 31.9. The highest BCUT2D eigenvalue weighted by atomic mass is 16.5. The van der Waals surface area contributed by atoms with Gasteiger partial charge in [-0.3, -0.25) is 14.6 Å². The number of rotatable bonds is 6. The Balaban J connectivity index is 1.09. The Labute approximate surface area is 282 Å². The second-order valence-corrected chi connectivity index (χ2v) is 15.3. The van der Waals surface area contributed by atoms with Gasteiger partial charge in [-0.05, 0) is 74.0 Å². The van der Waals surface area contributed by atoms with E-state index >= 15 is 0 Å². The van der Waals surface area contributed by atoms with Crippen LogP contribution in [0.4, 0.5) is 10.6 Å². The van der Waals surface area contributed by atoms with Crippen LogP contribution in [0.2, 0.25) is 0 Å². The Morgan fingerprint density at radius 3 is 2.44 bits per heavy atom. The number of amides is 2. The number of nitrogens with one attached hydrogen (secondary N) is 2. The predicted octanol–water partition coefficient (Wildman–Crippen LogP) is 7.70. The predicted molar refractivity (Wildman–Crippen MR) is 188 cm³/mol. The van der Waals surface area contributed by atoms with Crippen molar-refractivity contribution >= 4 is 17.5 Å². The van der Waals surface area contributed by atoms with Crippen LogP contribution in [0.3, 0.4) is 0 Å². The van der Waals surface area contributed by atoms with E-state index < -0.39 is 0 Å². The lowest BCUT2D eigenvalue weighted by molar-refractivity contribution is 0.171. The maximum Gasteiger partial charge on any atom is 0.320 e. The Morgan fingerprint density at radius 1 is 0.979 bits per heavy atom. The molecule has 0 bridgehead atoms. The van der Waals surface area contributed by atoms with E-state index in [2.05, 4.69) is 90.9 Å². The first-order valence-electron chi connectivity index (χ1n) is 16.9. The van der Waals surface area contributed by atoms with Crippen LogP contribution in [-0.2, 0) is 5.41 Å². The molecule has 5 aromatic rings. The zero-order chi connectivity index (χ0) is 33.8. The molecule has 2 N–H and O–H groups in total. The molecule has 0 spiro atoms. The van der Waals surface area contributed by atoms with Gasteiger partial charge >= 0.3 is 6.03 Å². The summed E-state index contributed by atoms with van der Waals surface area (Å²) in [7, 11) is 2.16. The van der Waals surface area contributed by atoms with Gasteiger partial charge < -0.3 is 10.1 Å². The van der Waals surface area contributed by atoms with E-state index in [9.17, 15) is 4.79 Å². The number of nitrogens with zero attached hydrogens (tertiary/aromatic N) is 6. The van der Waals surface area contributed by atoms with Crippen molar-refractivity contribution in [1.82, 2.24) is 34.6 Å². The maximum absolute atomic E-state index is 13.6. The second-order valence-electron chi connectivity index (χ2n) is 15.3. The van der Waals surface area contributed by atoms with E-state index in [1.165, 1.54) is 0 Å². The van der Waals surface area contributed by atoms with Gasteiger partial charge in [0, 0.05) is 18.0 Å². The lowest BCUT2D eigenvalue weighted by atomic mass is 9.85. The molecule has 48 heavy (non-hydrogen) atoms. The van der Waals surface area contributed by atoms with Gasteiger partial charge in [-0.15, -0.1) is 10.2 Å². The smallest absolute Gasteiger partial charge is 0.320 e. The highest BCUT2D eigenvalue weighted by Crippen LogP contribution is 2.42. The minimum absolute atomic E-state index is 0.148. The fourth-order valence-corrected chi connectivity index (χ4v) is 7.22. The van der Waals surface area contributed by atoms with Crippen LogP contribution in [0.1, 0.15) is 100 Å². The Morgan fingerprint density at radius 2 is 1.73 bits per heavy atom. The minimum Gasteiger partial charge on any atom is -0.484 e. The van der Waals surface area contributed by atoms with E-state index in [0.29, 0.717) is 5.82 Å².